The molecule has 0 spiro atoms. The van der Waals surface area contributed by atoms with Crippen molar-refractivity contribution < 1.29 is 22.5 Å². The molecule has 0 fully saturated rings. The molecule has 1 N–H and O–H groups in total. The summed E-state index contributed by atoms with van der Waals surface area (Å²) in [5.41, 5.74) is -0.184. The van der Waals surface area contributed by atoms with Crippen LogP contribution >= 0.6 is 0 Å². The predicted octanol–water partition coefficient (Wildman–Crippen LogP) is 3.17. The Kier molecular flexibility index (Phi) is 5.22. The number of halogens is 4. The number of hydrogen-bond donors (Lipinski definition) is 1. The van der Waals surface area contributed by atoms with Gasteiger partial charge >= 0.3 is 11.9 Å². The van der Waals surface area contributed by atoms with Crippen LogP contribution in [0.15, 0.2) is 18.2 Å². The van der Waals surface area contributed by atoms with Gasteiger partial charge in [0.2, 0.25) is 5.82 Å². The summed E-state index contributed by atoms with van der Waals surface area (Å²) in [7, 11) is 0. The molecule has 0 heterocycles. The van der Waals surface area contributed by atoms with Crippen molar-refractivity contribution in [3.8, 4) is 0 Å². The molecule has 0 radical (unpaired) electrons. The molecule has 0 aliphatic rings. The van der Waals surface area contributed by atoms with Gasteiger partial charge in [-0.25, -0.2) is 0 Å². The Labute approximate surface area is 106 Å². The fraction of sp³-hybridized carbons (Fsp3) is 0.455. The van der Waals surface area contributed by atoms with Crippen LogP contribution in [-0.4, -0.2) is 17.6 Å². The van der Waals surface area contributed by atoms with E-state index in [0.29, 0.717) is 5.56 Å². The minimum absolute atomic E-state index is 0.0705. The molecule has 0 saturated heterocycles. The van der Waals surface area contributed by atoms with Crippen molar-refractivity contribution in [3.63, 3.8) is 0 Å². The van der Waals surface area contributed by atoms with Gasteiger partial charge in [-0.2, -0.15) is 17.6 Å². The van der Waals surface area contributed by atoms with Crippen LogP contribution in [-0.2, 0) is 6.54 Å². The molecule has 8 heteroatoms. The number of nitrogens with one attached hydrogen (secondary N) is 1. The molecule has 0 saturated carbocycles. The van der Waals surface area contributed by atoms with Gasteiger partial charge < -0.3 is 5.32 Å². The highest BCUT2D eigenvalue weighted by molar-refractivity contribution is 5.34. The van der Waals surface area contributed by atoms with Crippen LogP contribution in [0.3, 0.4) is 0 Å². The van der Waals surface area contributed by atoms with Gasteiger partial charge in [0.1, 0.15) is 0 Å². The summed E-state index contributed by atoms with van der Waals surface area (Å²) in [6.07, 6.45) is -5.13. The smallest absolute Gasteiger partial charge is 0.313 e. The van der Waals surface area contributed by atoms with E-state index in [1.54, 1.807) is 0 Å². The first-order valence-corrected chi connectivity index (χ1v) is 5.50. The summed E-state index contributed by atoms with van der Waals surface area (Å²) in [5, 5.41) is 13.1. The van der Waals surface area contributed by atoms with E-state index >= 15 is 0 Å². The fourth-order valence-electron chi connectivity index (χ4n) is 1.45. The van der Waals surface area contributed by atoms with Crippen LogP contribution in [0.2, 0.25) is 0 Å². The van der Waals surface area contributed by atoms with Gasteiger partial charge in [-0.15, -0.1) is 0 Å². The Hall–Kier alpha value is -1.70. The summed E-state index contributed by atoms with van der Waals surface area (Å²) in [4.78, 5) is 9.53. The van der Waals surface area contributed by atoms with Crippen molar-refractivity contribution in [2.45, 2.75) is 25.6 Å². The SMILES string of the molecule is O=[N+]([O-])c1ccc(CNCCCC(F)(F)F)cc1F. The Balaban J connectivity index is 2.38. The average molecular weight is 280 g/mol. The largest absolute Gasteiger partial charge is 0.389 e. The molecule has 0 atom stereocenters. The number of rotatable bonds is 6. The fourth-order valence-corrected chi connectivity index (χ4v) is 1.45. The molecular formula is C11H12F4N2O2. The van der Waals surface area contributed by atoms with Crippen molar-refractivity contribution in [3.05, 3.63) is 39.7 Å². The maximum Gasteiger partial charge on any atom is 0.389 e. The van der Waals surface area contributed by atoms with Gasteiger partial charge in [0, 0.05) is 19.0 Å². The highest BCUT2D eigenvalue weighted by Gasteiger charge is 2.25. The van der Waals surface area contributed by atoms with Gasteiger partial charge in [-0.3, -0.25) is 10.1 Å². The van der Waals surface area contributed by atoms with E-state index < -0.39 is 29.0 Å². The maximum absolute atomic E-state index is 13.2. The molecule has 1 aromatic carbocycles. The zero-order valence-corrected chi connectivity index (χ0v) is 9.84. The third kappa shape index (κ3) is 5.64. The van der Waals surface area contributed by atoms with Crippen LogP contribution in [0.25, 0.3) is 0 Å². The Morgan fingerprint density at radius 1 is 1.32 bits per heavy atom. The second-order valence-electron chi connectivity index (χ2n) is 3.94. The molecule has 0 aliphatic heterocycles. The van der Waals surface area contributed by atoms with Crippen molar-refractivity contribution in [2.75, 3.05) is 6.54 Å². The number of benzene rings is 1. The lowest BCUT2D eigenvalue weighted by Crippen LogP contribution is -2.17. The van der Waals surface area contributed by atoms with Crippen LogP contribution in [0.4, 0.5) is 23.2 Å². The third-order valence-corrected chi connectivity index (χ3v) is 2.35. The Morgan fingerprint density at radius 3 is 2.53 bits per heavy atom. The molecule has 4 nitrogen and oxygen atoms in total. The van der Waals surface area contributed by atoms with Gasteiger partial charge in [-0.1, -0.05) is 6.07 Å². The van der Waals surface area contributed by atoms with Gasteiger partial charge in [0.15, 0.2) is 0 Å². The zero-order valence-electron chi connectivity index (χ0n) is 9.84. The van der Waals surface area contributed by atoms with Crippen LogP contribution in [0.1, 0.15) is 18.4 Å². The second-order valence-corrected chi connectivity index (χ2v) is 3.94. The lowest BCUT2D eigenvalue weighted by Gasteiger charge is -2.07. The van der Waals surface area contributed by atoms with Crippen LogP contribution in [0, 0.1) is 15.9 Å². The summed E-state index contributed by atoms with van der Waals surface area (Å²) < 4.78 is 48.7. The summed E-state index contributed by atoms with van der Waals surface area (Å²) in [6.45, 7) is 0.297. The monoisotopic (exact) mass is 280 g/mol. The van der Waals surface area contributed by atoms with Crippen molar-refractivity contribution >= 4 is 5.69 Å². The molecular weight excluding hydrogens is 268 g/mol. The molecule has 19 heavy (non-hydrogen) atoms. The molecule has 1 aromatic rings. The van der Waals surface area contributed by atoms with E-state index in [4.69, 9.17) is 0 Å². The summed E-state index contributed by atoms with van der Waals surface area (Å²) >= 11 is 0. The minimum atomic E-state index is -4.18. The number of nitrogens with zero attached hydrogens (tertiary/aromatic N) is 1. The van der Waals surface area contributed by atoms with E-state index in [1.807, 2.05) is 0 Å². The van der Waals surface area contributed by atoms with Crippen molar-refractivity contribution in [1.29, 1.82) is 0 Å². The molecule has 0 aromatic heterocycles. The topological polar surface area (TPSA) is 55.2 Å². The molecule has 1 rings (SSSR count). The van der Waals surface area contributed by atoms with Gasteiger partial charge in [0.05, 0.1) is 4.92 Å². The number of nitro benzene ring substituents is 1. The maximum atomic E-state index is 13.2. The van der Waals surface area contributed by atoms with Crippen LogP contribution < -0.4 is 5.32 Å². The lowest BCUT2D eigenvalue weighted by atomic mass is 10.2. The second kappa shape index (κ2) is 6.46. The van der Waals surface area contributed by atoms with E-state index in [1.165, 1.54) is 6.07 Å². The quantitative estimate of drug-likeness (QED) is 0.377. The first-order chi connectivity index (χ1) is 8.79. The van der Waals surface area contributed by atoms with Crippen molar-refractivity contribution in [1.82, 2.24) is 5.32 Å². The molecule has 0 aliphatic carbocycles. The number of hydrogen-bond acceptors (Lipinski definition) is 3. The third-order valence-electron chi connectivity index (χ3n) is 2.35. The van der Waals surface area contributed by atoms with Gasteiger partial charge in [-0.05, 0) is 24.6 Å². The summed E-state index contributed by atoms with van der Waals surface area (Å²) in [6, 6.07) is 3.38. The molecule has 0 amide bonds. The predicted molar refractivity (Wildman–Crippen MR) is 60.1 cm³/mol. The van der Waals surface area contributed by atoms with E-state index in [9.17, 15) is 27.7 Å². The Bertz CT molecular complexity index is 449. The minimum Gasteiger partial charge on any atom is -0.313 e. The van der Waals surface area contributed by atoms with E-state index in [-0.39, 0.29) is 19.5 Å². The molecule has 106 valence electrons. The lowest BCUT2D eigenvalue weighted by molar-refractivity contribution is -0.387. The highest BCUT2D eigenvalue weighted by atomic mass is 19.4. The molecule has 0 unspecified atom stereocenters. The van der Waals surface area contributed by atoms with Crippen molar-refractivity contribution in [2.24, 2.45) is 0 Å². The van der Waals surface area contributed by atoms with E-state index in [0.717, 1.165) is 12.1 Å². The number of nitro groups is 1. The normalized spacial score (nSPS) is 11.6. The van der Waals surface area contributed by atoms with E-state index in [2.05, 4.69) is 5.32 Å². The van der Waals surface area contributed by atoms with Crippen LogP contribution in [0.5, 0.6) is 0 Å². The van der Waals surface area contributed by atoms with Gasteiger partial charge in [0.25, 0.3) is 0 Å². The Morgan fingerprint density at radius 2 is 2.00 bits per heavy atom. The summed E-state index contributed by atoms with van der Waals surface area (Å²) in [5.74, 6) is -0.959. The highest BCUT2D eigenvalue weighted by Crippen LogP contribution is 2.21. The zero-order chi connectivity index (χ0) is 14.5. The standard InChI is InChI=1S/C11H12F4N2O2/c12-9-6-8(2-3-10(9)17(18)19)7-16-5-1-4-11(13,14)15/h2-3,6,16H,1,4-5,7H2. The first-order valence-electron chi connectivity index (χ1n) is 5.50. The average Bonchev–Trinajstić information content (AvgIpc) is 2.26. The first kappa shape index (κ1) is 15.4. The molecule has 0 bridgehead atoms. The number of alkyl halides is 3.